The highest BCUT2D eigenvalue weighted by Crippen LogP contribution is 2.32. The van der Waals surface area contributed by atoms with Crippen molar-refractivity contribution >= 4 is 33.3 Å². The van der Waals surface area contributed by atoms with E-state index in [-0.39, 0.29) is 0 Å². The van der Waals surface area contributed by atoms with Crippen molar-refractivity contribution in [3.63, 3.8) is 0 Å². The zero-order chi connectivity index (χ0) is 12.4. The van der Waals surface area contributed by atoms with Gasteiger partial charge in [0.1, 0.15) is 16.6 Å². The van der Waals surface area contributed by atoms with E-state index in [1.165, 1.54) is 11.9 Å². The molecule has 0 aliphatic heterocycles. The van der Waals surface area contributed by atoms with E-state index in [2.05, 4.69) is 38.9 Å². The SMILES string of the molecule is Cc1ccccc1N(C)c1ncnc(N)c1Br. The van der Waals surface area contributed by atoms with Gasteiger partial charge in [0.25, 0.3) is 0 Å². The summed E-state index contributed by atoms with van der Waals surface area (Å²) in [6.07, 6.45) is 1.46. The lowest BCUT2D eigenvalue weighted by Crippen LogP contribution is -2.14. The van der Waals surface area contributed by atoms with E-state index in [0.29, 0.717) is 10.3 Å². The number of nitrogens with two attached hydrogens (primary N) is 1. The van der Waals surface area contributed by atoms with E-state index < -0.39 is 0 Å². The minimum absolute atomic E-state index is 0.440. The monoisotopic (exact) mass is 292 g/mol. The summed E-state index contributed by atoms with van der Waals surface area (Å²) in [4.78, 5) is 10.2. The third-order valence-electron chi connectivity index (χ3n) is 2.59. The second-order valence-corrected chi connectivity index (χ2v) is 4.54. The van der Waals surface area contributed by atoms with Gasteiger partial charge >= 0.3 is 0 Å². The molecule has 2 rings (SSSR count). The number of halogens is 1. The van der Waals surface area contributed by atoms with E-state index in [0.717, 1.165) is 11.5 Å². The van der Waals surface area contributed by atoms with Gasteiger partial charge in [0.2, 0.25) is 0 Å². The summed E-state index contributed by atoms with van der Waals surface area (Å²) < 4.78 is 0.714. The van der Waals surface area contributed by atoms with Crippen molar-refractivity contribution in [3.8, 4) is 0 Å². The minimum atomic E-state index is 0.440. The molecule has 2 aromatic rings. The molecule has 0 spiro atoms. The molecule has 0 fully saturated rings. The molecule has 0 amide bonds. The number of rotatable bonds is 2. The van der Waals surface area contributed by atoms with Crippen LogP contribution in [-0.4, -0.2) is 17.0 Å². The standard InChI is InChI=1S/C12H13BrN4/c1-8-5-3-4-6-9(8)17(2)12-10(13)11(14)15-7-16-12/h3-7H,1-2H3,(H2,14,15,16). The first-order valence-corrected chi connectivity index (χ1v) is 5.96. The zero-order valence-corrected chi connectivity index (χ0v) is 11.3. The average Bonchev–Trinajstić information content (AvgIpc) is 2.32. The largest absolute Gasteiger partial charge is 0.383 e. The molecule has 0 atom stereocenters. The third kappa shape index (κ3) is 2.24. The van der Waals surface area contributed by atoms with Crippen LogP contribution in [0.3, 0.4) is 0 Å². The Morgan fingerprint density at radius 1 is 1.24 bits per heavy atom. The predicted molar refractivity (Wildman–Crippen MR) is 73.4 cm³/mol. The maximum absolute atomic E-state index is 5.75. The Morgan fingerprint density at radius 3 is 2.65 bits per heavy atom. The summed E-state index contributed by atoms with van der Waals surface area (Å²) in [7, 11) is 1.95. The van der Waals surface area contributed by atoms with Gasteiger partial charge in [-0.15, -0.1) is 0 Å². The van der Waals surface area contributed by atoms with Crippen molar-refractivity contribution in [3.05, 3.63) is 40.6 Å². The Bertz CT molecular complexity index is 542. The molecule has 0 bridgehead atoms. The van der Waals surface area contributed by atoms with Gasteiger partial charge in [0.15, 0.2) is 5.82 Å². The molecule has 0 saturated carbocycles. The Kier molecular flexibility index (Phi) is 3.28. The Morgan fingerprint density at radius 2 is 1.94 bits per heavy atom. The average molecular weight is 293 g/mol. The second-order valence-electron chi connectivity index (χ2n) is 3.74. The number of aromatic nitrogens is 2. The summed E-state index contributed by atoms with van der Waals surface area (Å²) in [6, 6.07) is 8.11. The lowest BCUT2D eigenvalue weighted by Gasteiger charge is -2.21. The zero-order valence-electron chi connectivity index (χ0n) is 9.68. The van der Waals surface area contributed by atoms with Crippen LogP contribution >= 0.6 is 15.9 Å². The number of aryl methyl sites for hydroxylation is 1. The molecular weight excluding hydrogens is 280 g/mol. The van der Waals surface area contributed by atoms with Crippen LogP contribution in [0.1, 0.15) is 5.56 Å². The van der Waals surface area contributed by atoms with Gasteiger partial charge < -0.3 is 10.6 Å². The van der Waals surface area contributed by atoms with Crippen LogP contribution in [0.2, 0.25) is 0 Å². The van der Waals surface area contributed by atoms with Crippen LogP contribution in [0.15, 0.2) is 35.1 Å². The van der Waals surface area contributed by atoms with Crippen molar-refractivity contribution in [2.24, 2.45) is 0 Å². The highest BCUT2D eigenvalue weighted by molar-refractivity contribution is 9.10. The van der Waals surface area contributed by atoms with Crippen LogP contribution in [0.25, 0.3) is 0 Å². The van der Waals surface area contributed by atoms with E-state index in [1.807, 2.05) is 30.1 Å². The third-order valence-corrected chi connectivity index (χ3v) is 3.35. The van der Waals surface area contributed by atoms with Crippen molar-refractivity contribution in [1.82, 2.24) is 9.97 Å². The van der Waals surface area contributed by atoms with Gasteiger partial charge in [-0.3, -0.25) is 0 Å². The smallest absolute Gasteiger partial charge is 0.152 e. The predicted octanol–water partition coefficient (Wildman–Crippen LogP) is 2.90. The van der Waals surface area contributed by atoms with Crippen LogP contribution < -0.4 is 10.6 Å². The topological polar surface area (TPSA) is 55.0 Å². The first-order valence-electron chi connectivity index (χ1n) is 5.16. The lowest BCUT2D eigenvalue weighted by molar-refractivity contribution is 1.07. The number of para-hydroxylation sites is 1. The molecule has 4 nitrogen and oxygen atoms in total. The first-order chi connectivity index (χ1) is 8.11. The number of anilines is 3. The summed E-state index contributed by atoms with van der Waals surface area (Å²) in [5, 5.41) is 0. The molecule has 0 aliphatic carbocycles. The maximum Gasteiger partial charge on any atom is 0.152 e. The number of benzene rings is 1. The highest BCUT2D eigenvalue weighted by Gasteiger charge is 2.13. The second kappa shape index (κ2) is 4.71. The molecular formula is C12H13BrN4. The maximum atomic E-state index is 5.75. The fourth-order valence-electron chi connectivity index (χ4n) is 1.66. The molecule has 2 N–H and O–H groups in total. The number of hydrogen-bond donors (Lipinski definition) is 1. The van der Waals surface area contributed by atoms with Crippen LogP contribution in [0.5, 0.6) is 0 Å². The lowest BCUT2D eigenvalue weighted by atomic mass is 10.2. The van der Waals surface area contributed by atoms with Crippen molar-refractivity contribution in [1.29, 1.82) is 0 Å². The van der Waals surface area contributed by atoms with Crippen LogP contribution in [0.4, 0.5) is 17.3 Å². The summed E-state index contributed by atoms with van der Waals surface area (Å²) in [6.45, 7) is 2.06. The minimum Gasteiger partial charge on any atom is -0.383 e. The van der Waals surface area contributed by atoms with Crippen molar-refractivity contribution < 1.29 is 0 Å². The summed E-state index contributed by atoms with van der Waals surface area (Å²) in [5.74, 6) is 1.20. The van der Waals surface area contributed by atoms with Gasteiger partial charge in [0, 0.05) is 12.7 Å². The van der Waals surface area contributed by atoms with Gasteiger partial charge in [-0.2, -0.15) is 0 Å². The van der Waals surface area contributed by atoms with E-state index in [1.54, 1.807) is 0 Å². The Balaban J connectivity index is 2.48. The summed E-state index contributed by atoms with van der Waals surface area (Å²) >= 11 is 3.41. The van der Waals surface area contributed by atoms with Gasteiger partial charge in [-0.1, -0.05) is 18.2 Å². The first kappa shape index (κ1) is 11.9. The number of nitrogen functional groups attached to an aromatic ring is 1. The van der Waals surface area contributed by atoms with E-state index >= 15 is 0 Å². The summed E-state index contributed by atoms with van der Waals surface area (Å²) in [5.41, 5.74) is 8.02. The fraction of sp³-hybridized carbons (Fsp3) is 0.167. The molecule has 1 aromatic carbocycles. The molecule has 0 saturated heterocycles. The fourth-order valence-corrected chi connectivity index (χ4v) is 2.13. The Hall–Kier alpha value is -1.62. The van der Waals surface area contributed by atoms with Crippen LogP contribution in [0, 0.1) is 6.92 Å². The molecule has 88 valence electrons. The quantitative estimate of drug-likeness (QED) is 0.925. The van der Waals surface area contributed by atoms with Crippen LogP contribution in [-0.2, 0) is 0 Å². The molecule has 1 heterocycles. The van der Waals surface area contributed by atoms with E-state index in [4.69, 9.17) is 5.73 Å². The van der Waals surface area contributed by atoms with E-state index in [9.17, 15) is 0 Å². The molecule has 0 aliphatic rings. The molecule has 17 heavy (non-hydrogen) atoms. The Labute approximate surface area is 109 Å². The molecule has 0 unspecified atom stereocenters. The van der Waals surface area contributed by atoms with Crippen molar-refractivity contribution in [2.75, 3.05) is 17.7 Å². The number of nitrogens with zero attached hydrogens (tertiary/aromatic N) is 3. The molecule has 5 heteroatoms. The van der Waals surface area contributed by atoms with Gasteiger partial charge in [-0.05, 0) is 34.5 Å². The molecule has 0 radical (unpaired) electrons. The number of hydrogen-bond acceptors (Lipinski definition) is 4. The van der Waals surface area contributed by atoms with Crippen molar-refractivity contribution in [2.45, 2.75) is 6.92 Å². The van der Waals surface area contributed by atoms with Gasteiger partial charge in [0.05, 0.1) is 0 Å². The normalized spacial score (nSPS) is 10.3. The van der Waals surface area contributed by atoms with Gasteiger partial charge in [-0.25, -0.2) is 9.97 Å². The molecule has 1 aromatic heterocycles. The highest BCUT2D eigenvalue weighted by atomic mass is 79.9.